The molecule has 4 heteroatoms. The van der Waals surface area contributed by atoms with E-state index in [9.17, 15) is 0 Å². The molecule has 0 atom stereocenters. The Balaban J connectivity index is 1.17. The van der Waals surface area contributed by atoms with Gasteiger partial charge < -0.3 is 14.1 Å². The van der Waals surface area contributed by atoms with Crippen LogP contribution in [0.2, 0.25) is 0 Å². The standard InChI is InChI=1S/C59H49BN2O/c1-57(2)28-29-58(3,4)46-35-50-47(34-45(46)57)59(5,6)44-24-17-25-48-55(44)61(50)51-33-43-41-22-14-16-27-52(41)63-56(43)53-42-23-13-15-26-49(42)62(60(48)54(51)53)40-31-38(36-18-9-7-10-19-36)30-39(32-40)37-20-11-8-12-21-37/h7-27,30-35H,28-29H2,1-6H3. The fourth-order valence-electron chi connectivity index (χ4n) is 12.0. The van der Waals surface area contributed by atoms with E-state index in [0.29, 0.717) is 0 Å². The van der Waals surface area contributed by atoms with Crippen LogP contribution in [-0.4, -0.2) is 6.85 Å². The Morgan fingerprint density at radius 1 is 0.492 bits per heavy atom. The summed E-state index contributed by atoms with van der Waals surface area (Å²) in [6.07, 6.45) is 2.35. The predicted molar refractivity (Wildman–Crippen MR) is 266 cm³/mol. The van der Waals surface area contributed by atoms with Crippen molar-refractivity contribution in [3.05, 3.63) is 186 Å². The summed E-state index contributed by atoms with van der Waals surface area (Å²) in [5.74, 6) is 0. The molecule has 8 aromatic carbocycles. The van der Waals surface area contributed by atoms with Crippen LogP contribution in [0.25, 0.3) is 55.3 Å². The van der Waals surface area contributed by atoms with Gasteiger partial charge >= 0.3 is 6.85 Å². The first-order chi connectivity index (χ1) is 30.5. The second-order valence-corrected chi connectivity index (χ2v) is 20.3. The molecule has 63 heavy (non-hydrogen) atoms. The molecule has 0 saturated heterocycles. The van der Waals surface area contributed by atoms with Crippen molar-refractivity contribution in [2.24, 2.45) is 0 Å². The van der Waals surface area contributed by atoms with Crippen molar-refractivity contribution in [3.8, 4) is 33.4 Å². The lowest BCUT2D eigenvalue weighted by atomic mass is 9.42. The van der Waals surface area contributed by atoms with Gasteiger partial charge in [-0.3, -0.25) is 0 Å². The Labute approximate surface area is 370 Å². The van der Waals surface area contributed by atoms with Gasteiger partial charge in [0, 0.05) is 50.1 Å². The third-order valence-electron chi connectivity index (χ3n) is 15.4. The van der Waals surface area contributed by atoms with Crippen molar-refractivity contribution in [1.82, 2.24) is 0 Å². The predicted octanol–water partition coefficient (Wildman–Crippen LogP) is 14.6. The zero-order valence-corrected chi connectivity index (χ0v) is 36.9. The molecule has 0 spiro atoms. The topological polar surface area (TPSA) is 19.6 Å². The molecule has 4 aliphatic rings. The molecule has 3 nitrogen and oxygen atoms in total. The van der Waals surface area contributed by atoms with Gasteiger partial charge in [-0.2, -0.15) is 0 Å². The van der Waals surface area contributed by atoms with E-state index in [1.807, 2.05) is 0 Å². The van der Waals surface area contributed by atoms with Gasteiger partial charge in [0.1, 0.15) is 11.2 Å². The zero-order valence-electron chi connectivity index (χ0n) is 36.9. The molecule has 13 rings (SSSR count). The Morgan fingerprint density at radius 3 is 1.84 bits per heavy atom. The maximum Gasteiger partial charge on any atom is 0.333 e. The molecule has 1 aliphatic carbocycles. The van der Waals surface area contributed by atoms with Crippen LogP contribution in [0.4, 0.5) is 28.4 Å². The van der Waals surface area contributed by atoms with Crippen molar-refractivity contribution in [1.29, 1.82) is 0 Å². The SMILES string of the molecule is CC1(C)CCC(C)(C)c2cc3c(cc21)N1c2cc4c(oc5ccccc54)c4c2B(c2cccc(c21)C3(C)C)N(c1cc(-c2ccccc2)cc(-c2ccccc2)c1)c1ccccc1-4. The van der Waals surface area contributed by atoms with Crippen molar-refractivity contribution in [3.63, 3.8) is 0 Å². The van der Waals surface area contributed by atoms with E-state index in [4.69, 9.17) is 4.42 Å². The van der Waals surface area contributed by atoms with Gasteiger partial charge in [-0.15, -0.1) is 0 Å². The lowest BCUT2D eigenvalue weighted by molar-refractivity contribution is 0.331. The first kappa shape index (κ1) is 36.8. The number of anilines is 5. The van der Waals surface area contributed by atoms with E-state index in [2.05, 4.69) is 215 Å². The first-order valence-electron chi connectivity index (χ1n) is 22.8. The highest BCUT2D eigenvalue weighted by Gasteiger charge is 2.51. The minimum absolute atomic E-state index is 0.0578. The smallest absolute Gasteiger partial charge is 0.333 e. The third kappa shape index (κ3) is 5.04. The summed E-state index contributed by atoms with van der Waals surface area (Å²) in [5.41, 5.74) is 23.5. The summed E-state index contributed by atoms with van der Waals surface area (Å²) in [6.45, 7) is 14.6. The van der Waals surface area contributed by atoms with E-state index < -0.39 is 0 Å². The minimum Gasteiger partial charge on any atom is -0.455 e. The maximum absolute atomic E-state index is 7.06. The Morgan fingerprint density at radius 2 is 1.13 bits per heavy atom. The number of furan rings is 1. The van der Waals surface area contributed by atoms with E-state index in [0.717, 1.165) is 27.6 Å². The molecule has 0 fully saturated rings. The van der Waals surface area contributed by atoms with Gasteiger partial charge in [0.25, 0.3) is 0 Å². The zero-order chi connectivity index (χ0) is 42.6. The highest BCUT2D eigenvalue weighted by atomic mass is 16.3. The maximum atomic E-state index is 7.06. The van der Waals surface area contributed by atoms with Gasteiger partial charge in [-0.25, -0.2) is 0 Å². The average Bonchev–Trinajstić information content (AvgIpc) is 3.68. The van der Waals surface area contributed by atoms with Gasteiger partial charge in [0.2, 0.25) is 0 Å². The van der Waals surface area contributed by atoms with Crippen LogP contribution in [0.15, 0.2) is 168 Å². The minimum atomic E-state index is -0.248. The molecule has 0 amide bonds. The Bertz CT molecular complexity index is 3340. The second kappa shape index (κ2) is 12.7. The number of rotatable bonds is 3. The van der Waals surface area contributed by atoms with Crippen LogP contribution in [-0.2, 0) is 16.2 Å². The lowest BCUT2D eigenvalue weighted by Crippen LogP contribution is -2.62. The molecule has 4 heterocycles. The number of benzene rings is 8. The number of nitrogens with zero attached hydrogens (tertiary/aromatic N) is 2. The first-order valence-corrected chi connectivity index (χ1v) is 22.8. The summed E-state index contributed by atoms with van der Waals surface area (Å²) < 4.78 is 7.06. The van der Waals surface area contributed by atoms with Crippen LogP contribution in [0.3, 0.4) is 0 Å². The molecule has 0 N–H and O–H groups in total. The summed E-state index contributed by atoms with van der Waals surface area (Å²) in [7, 11) is 0. The average molecular weight is 813 g/mol. The number of fused-ring (bicyclic) bond motifs is 11. The monoisotopic (exact) mass is 812 g/mol. The summed E-state index contributed by atoms with van der Waals surface area (Å²) in [4.78, 5) is 5.34. The highest BCUT2D eigenvalue weighted by molar-refractivity contribution is 6.94. The van der Waals surface area contributed by atoms with Crippen molar-refractivity contribution < 1.29 is 4.42 Å². The fourth-order valence-corrected chi connectivity index (χ4v) is 12.0. The molecule has 3 aliphatic heterocycles. The van der Waals surface area contributed by atoms with Crippen molar-refractivity contribution in [2.75, 3.05) is 9.71 Å². The quantitative estimate of drug-likeness (QED) is 0.166. The molecular weight excluding hydrogens is 763 g/mol. The fraction of sp³-hybridized carbons (Fsp3) is 0.186. The molecule has 0 bridgehead atoms. The number of para-hydroxylation sites is 3. The lowest BCUT2D eigenvalue weighted by Gasteiger charge is -2.51. The number of hydrogen-bond acceptors (Lipinski definition) is 3. The highest BCUT2D eigenvalue weighted by Crippen LogP contribution is 2.59. The van der Waals surface area contributed by atoms with Gasteiger partial charge in [-0.05, 0) is 122 Å². The van der Waals surface area contributed by atoms with Crippen molar-refractivity contribution >= 4 is 68.1 Å². The van der Waals surface area contributed by atoms with Gasteiger partial charge in [-0.1, -0.05) is 163 Å². The Hall–Kier alpha value is -6.78. The van der Waals surface area contributed by atoms with Gasteiger partial charge in [0.05, 0.1) is 5.69 Å². The van der Waals surface area contributed by atoms with Crippen LogP contribution in [0, 0.1) is 0 Å². The normalized spacial score (nSPS) is 16.9. The summed E-state index contributed by atoms with van der Waals surface area (Å²) in [6, 6.07) is 61.4. The second-order valence-electron chi connectivity index (χ2n) is 20.3. The number of hydrogen-bond donors (Lipinski definition) is 0. The van der Waals surface area contributed by atoms with Gasteiger partial charge in [0.15, 0.2) is 0 Å². The molecule has 0 unspecified atom stereocenters. The molecule has 304 valence electrons. The largest absolute Gasteiger partial charge is 0.455 e. The van der Waals surface area contributed by atoms with Crippen LogP contribution in [0.1, 0.15) is 76.6 Å². The van der Waals surface area contributed by atoms with Crippen molar-refractivity contribution in [2.45, 2.75) is 70.6 Å². The summed E-state index contributed by atoms with van der Waals surface area (Å²) >= 11 is 0. The third-order valence-corrected chi connectivity index (χ3v) is 15.4. The van der Waals surface area contributed by atoms with E-state index in [1.165, 1.54) is 102 Å². The van der Waals surface area contributed by atoms with Crippen LogP contribution < -0.4 is 20.6 Å². The van der Waals surface area contributed by atoms with Crippen LogP contribution >= 0.6 is 0 Å². The molecular formula is C59H49BN2O. The van der Waals surface area contributed by atoms with Crippen LogP contribution in [0.5, 0.6) is 0 Å². The summed E-state index contributed by atoms with van der Waals surface area (Å²) in [5, 5.41) is 2.31. The molecule has 1 aromatic heterocycles. The van der Waals surface area contributed by atoms with E-state index in [1.54, 1.807) is 0 Å². The molecule has 0 radical (unpaired) electrons. The Kier molecular flexibility index (Phi) is 7.41. The molecule has 0 saturated carbocycles. The molecule has 9 aromatic rings. The van der Waals surface area contributed by atoms with E-state index >= 15 is 0 Å². The van der Waals surface area contributed by atoms with E-state index in [-0.39, 0.29) is 23.1 Å².